The predicted molar refractivity (Wildman–Crippen MR) is 87.8 cm³/mol. The van der Waals surface area contributed by atoms with Crippen molar-refractivity contribution >= 4 is 21.6 Å². The Morgan fingerprint density at radius 2 is 2.00 bits per heavy atom. The molecule has 1 aliphatic heterocycles. The molecule has 1 aliphatic carbocycles. The number of sulfonamides is 1. The van der Waals surface area contributed by atoms with Crippen LogP contribution < -0.4 is 10.1 Å². The number of hydrogen-bond donors (Lipinski definition) is 1. The highest BCUT2D eigenvalue weighted by Crippen LogP contribution is 2.56. The smallest absolute Gasteiger partial charge is 0.247 e. The van der Waals surface area contributed by atoms with Gasteiger partial charge < -0.3 is 10.1 Å². The van der Waals surface area contributed by atoms with Crippen molar-refractivity contribution in [2.75, 3.05) is 18.9 Å². The second-order valence-corrected chi connectivity index (χ2v) is 8.85. The maximum Gasteiger partial charge on any atom is 0.247 e. The van der Waals surface area contributed by atoms with Crippen molar-refractivity contribution < 1.29 is 17.9 Å². The monoisotopic (exact) mass is 338 g/mol. The molecule has 6 nitrogen and oxygen atoms in total. The minimum Gasteiger partial charge on any atom is -0.491 e. The summed E-state index contributed by atoms with van der Waals surface area (Å²) in [6, 6.07) is 6.98. The average molecular weight is 338 g/mol. The fourth-order valence-corrected chi connectivity index (χ4v) is 5.35. The molecular weight excluding hydrogens is 316 g/mol. The second kappa shape index (κ2) is 5.49. The number of nitrogens with one attached hydrogen (secondary N) is 1. The van der Waals surface area contributed by atoms with Crippen LogP contribution in [-0.4, -0.2) is 43.1 Å². The maximum atomic E-state index is 12.6. The molecule has 1 amide bonds. The molecule has 2 fully saturated rings. The van der Waals surface area contributed by atoms with Crippen LogP contribution >= 0.6 is 0 Å². The van der Waals surface area contributed by atoms with Crippen molar-refractivity contribution in [3.05, 3.63) is 24.3 Å². The van der Waals surface area contributed by atoms with Gasteiger partial charge in [-0.25, -0.2) is 12.7 Å². The number of hydrogen-bond acceptors (Lipinski definition) is 4. The van der Waals surface area contributed by atoms with Crippen LogP contribution in [0.3, 0.4) is 0 Å². The fraction of sp³-hybridized carbons (Fsp3) is 0.562. The topological polar surface area (TPSA) is 75.7 Å². The third kappa shape index (κ3) is 2.61. The zero-order valence-electron chi connectivity index (χ0n) is 13.6. The van der Waals surface area contributed by atoms with Gasteiger partial charge in [-0.05, 0) is 56.9 Å². The summed E-state index contributed by atoms with van der Waals surface area (Å²) in [5, 5.41) is 2.75. The van der Waals surface area contributed by atoms with Gasteiger partial charge in [0.2, 0.25) is 15.9 Å². The van der Waals surface area contributed by atoms with Crippen molar-refractivity contribution in [2.24, 2.45) is 5.92 Å². The third-order valence-corrected chi connectivity index (χ3v) is 7.19. The molecule has 126 valence electrons. The van der Waals surface area contributed by atoms with E-state index in [-0.39, 0.29) is 12.0 Å². The first-order chi connectivity index (χ1) is 10.8. The summed E-state index contributed by atoms with van der Waals surface area (Å²) >= 11 is 0. The molecule has 2 atom stereocenters. The van der Waals surface area contributed by atoms with Crippen molar-refractivity contribution in [3.63, 3.8) is 0 Å². The van der Waals surface area contributed by atoms with Crippen molar-refractivity contribution in [3.8, 4) is 5.75 Å². The van der Waals surface area contributed by atoms with E-state index in [0.717, 1.165) is 6.42 Å². The average Bonchev–Trinajstić information content (AvgIpc) is 3.22. The van der Waals surface area contributed by atoms with Gasteiger partial charge in [0.1, 0.15) is 5.75 Å². The Bertz CT molecular complexity index is 714. The number of ether oxygens (including phenoxy) is 1. The van der Waals surface area contributed by atoms with Gasteiger partial charge in [-0.15, -0.1) is 0 Å². The lowest BCUT2D eigenvalue weighted by atomic mass is 10.2. The Labute approximate surface area is 136 Å². The van der Waals surface area contributed by atoms with E-state index >= 15 is 0 Å². The van der Waals surface area contributed by atoms with Gasteiger partial charge in [0.05, 0.1) is 6.10 Å². The Balaban J connectivity index is 1.75. The molecule has 7 heteroatoms. The lowest BCUT2D eigenvalue weighted by Crippen LogP contribution is -2.50. The van der Waals surface area contributed by atoms with Crippen molar-refractivity contribution in [2.45, 2.75) is 37.5 Å². The highest BCUT2D eigenvalue weighted by Gasteiger charge is 2.71. The van der Waals surface area contributed by atoms with Crippen LogP contribution in [0.25, 0.3) is 0 Å². The number of benzene rings is 1. The van der Waals surface area contributed by atoms with E-state index in [1.54, 1.807) is 24.3 Å². The molecule has 1 saturated heterocycles. The molecule has 2 aliphatic rings. The number of amides is 1. The van der Waals surface area contributed by atoms with Crippen LogP contribution in [0.2, 0.25) is 0 Å². The first-order valence-corrected chi connectivity index (χ1v) is 9.25. The summed E-state index contributed by atoms with van der Waals surface area (Å²) in [4.78, 5) is 12.6. The molecule has 1 aromatic rings. The number of fused-ring (bicyclic) bond motifs is 1. The standard InChI is InChI=1S/C16H22N2O4S/c1-11(2)22-14-6-4-13(5-7-14)17-15(19)16-10-12(16)8-9-18(3)23(16,20)21/h4-7,11-12H,8-10H2,1-3H3,(H,17,19). The largest absolute Gasteiger partial charge is 0.491 e. The van der Waals surface area contributed by atoms with E-state index < -0.39 is 20.7 Å². The van der Waals surface area contributed by atoms with Crippen LogP contribution in [0.15, 0.2) is 24.3 Å². The van der Waals surface area contributed by atoms with E-state index in [2.05, 4.69) is 5.32 Å². The Hall–Kier alpha value is -1.60. The Kier molecular flexibility index (Phi) is 3.88. The molecule has 0 spiro atoms. The van der Waals surface area contributed by atoms with Gasteiger partial charge in [0.15, 0.2) is 4.75 Å². The van der Waals surface area contributed by atoms with Crippen molar-refractivity contribution in [1.29, 1.82) is 0 Å². The Morgan fingerprint density at radius 1 is 1.35 bits per heavy atom. The molecule has 0 radical (unpaired) electrons. The summed E-state index contributed by atoms with van der Waals surface area (Å²) in [6.07, 6.45) is 1.23. The molecule has 0 aromatic heterocycles. The van der Waals surface area contributed by atoms with E-state index in [9.17, 15) is 13.2 Å². The molecule has 1 N–H and O–H groups in total. The lowest BCUT2D eigenvalue weighted by Gasteiger charge is -2.28. The minimum absolute atomic E-state index is 0.0627. The van der Waals surface area contributed by atoms with Crippen LogP contribution in [0.1, 0.15) is 26.7 Å². The van der Waals surface area contributed by atoms with Gasteiger partial charge in [-0.3, -0.25) is 4.79 Å². The highest BCUT2D eigenvalue weighted by atomic mass is 32.2. The normalized spacial score (nSPS) is 29.0. The molecule has 1 aromatic carbocycles. The molecule has 23 heavy (non-hydrogen) atoms. The summed E-state index contributed by atoms with van der Waals surface area (Å²) in [5.41, 5.74) is 0.578. The van der Waals surface area contributed by atoms with E-state index in [0.29, 0.717) is 24.4 Å². The quantitative estimate of drug-likeness (QED) is 0.909. The zero-order valence-corrected chi connectivity index (χ0v) is 14.4. The molecule has 3 rings (SSSR count). The number of carbonyl (C=O) groups excluding carboxylic acids is 1. The lowest BCUT2D eigenvalue weighted by molar-refractivity contribution is -0.117. The number of anilines is 1. The number of nitrogens with zero attached hydrogens (tertiary/aromatic N) is 1. The molecule has 2 unspecified atom stereocenters. The minimum atomic E-state index is -3.57. The van der Waals surface area contributed by atoms with Crippen molar-refractivity contribution in [1.82, 2.24) is 4.31 Å². The van der Waals surface area contributed by atoms with E-state index in [1.165, 1.54) is 11.4 Å². The Morgan fingerprint density at radius 3 is 2.61 bits per heavy atom. The van der Waals surface area contributed by atoms with Gasteiger partial charge in [-0.1, -0.05) is 0 Å². The fourth-order valence-electron chi connectivity index (χ4n) is 3.22. The molecule has 1 heterocycles. The summed E-state index contributed by atoms with van der Waals surface area (Å²) in [7, 11) is -2.04. The van der Waals surface area contributed by atoms with Gasteiger partial charge in [-0.2, -0.15) is 0 Å². The van der Waals surface area contributed by atoms with Crippen LogP contribution in [0, 0.1) is 5.92 Å². The SMILES string of the molecule is CC(C)Oc1ccc(NC(=O)C23CC2CCN(C)S3(=O)=O)cc1. The molecule has 0 bridgehead atoms. The van der Waals surface area contributed by atoms with Crippen LogP contribution in [0.5, 0.6) is 5.75 Å². The molecule has 1 saturated carbocycles. The maximum absolute atomic E-state index is 12.6. The first-order valence-electron chi connectivity index (χ1n) is 7.81. The first kappa shape index (κ1) is 16.3. The predicted octanol–water partition coefficient (Wildman–Crippen LogP) is 1.84. The number of rotatable bonds is 4. The van der Waals surface area contributed by atoms with Crippen LogP contribution in [-0.2, 0) is 14.8 Å². The number of carbonyl (C=O) groups is 1. The molecular formula is C16H22N2O4S. The van der Waals surface area contributed by atoms with Gasteiger partial charge in [0, 0.05) is 19.3 Å². The highest BCUT2D eigenvalue weighted by molar-refractivity contribution is 7.91. The van der Waals surface area contributed by atoms with E-state index in [4.69, 9.17) is 4.74 Å². The summed E-state index contributed by atoms with van der Waals surface area (Å²) in [5.74, 6) is 0.226. The zero-order chi connectivity index (χ0) is 16.8. The van der Waals surface area contributed by atoms with Gasteiger partial charge in [0.25, 0.3) is 0 Å². The van der Waals surface area contributed by atoms with E-state index in [1.807, 2.05) is 13.8 Å². The third-order valence-electron chi connectivity index (χ3n) is 4.58. The van der Waals surface area contributed by atoms with Gasteiger partial charge >= 0.3 is 0 Å². The second-order valence-electron chi connectivity index (χ2n) is 6.55. The summed E-state index contributed by atoms with van der Waals surface area (Å²) < 4.78 is 30.6. The summed E-state index contributed by atoms with van der Waals surface area (Å²) in [6.45, 7) is 4.36. The van der Waals surface area contributed by atoms with Crippen LogP contribution in [0.4, 0.5) is 5.69 Å².